The zero-order valence-corrected chi connectivity index (χ0v) is 6.88. The van der Waals surface area contributed by atoms with Crippen molar-refractivity contribution in [3.8, 4) is 0 Å². The van der Waals surface area contributed by atoms with Crippen molar-refractivity contribution >= 4 is 11.9 Å². The summed E-state index contributed by atoms with van der Waals surface area (Å²) in [6, 6.07) is 1.92. The van der Waals surface area contributed by atoms with Crippen LogP contribution in [-0.4, -0.2) is 11.9 Å². The maximum atomic E-state index is 12.9. The highest BCUT2D eigenvalue weighted by molar-refractivity contribution is 6.03. The van der Waals surface area contributed by atoms with Crippen LogP contribution < -0.4 is 11.1 Å². The second kappa shape index (κ2) is 3.82. The van der Waals surface area contributed by atoms with E-state index in [1.165, 1.54) is 0 Å². The summed E-state index contributed by atoms with van der Waals surface area (Å²) in [6.45, 7) is 0. The number of benzene rings is 1. The summed E-state index contributed by atoms with van der Waals surface area (Å²) >= 11 is 0. The van der Waals surface area contributed by atoms with E-state index < -0.39 is 29.1 Å². The number of nitrogens with one attached hydrogen (secondary N) is 1. The van der Waals surface area contributed by atoms with E-state index in [9.17, 15) is 18.4 Å². The normalized spacial score (nSPS) is 9.57. The van der Waals surface area contributed by atoms with Crippen LogP contribution in [0.4, 0.5) is 13.6 Å². The molecule has 0 aliphatic rings. The molecule has 14 heavy (non-hydrogen) atoms. The Hall–Kier alpha value is -1.98. The van der Waals surface area contributed by atoms with Crippen molar-refractivity contribution in [1.29, 1.82) is 0 Å². The third kappa shape index (κ3) is 2.03. The Labute approximate surface area is 77.7 Å². The predicted octanol–water partition coefficient (Wildman–Crippen LogP) is 0.773. The molecule has 0 unspecified atom stereocenters. The number of urea groups is 1. The summed E-state index contributed by atoms with van der Waals surface area (Å²) in [7, 11) is 0. The standard InChI is InChI=1S/C8H6F2N2O2/c9-5-3-1-2-4(6(5)10)7(13)12-8(11)14/h1-3H,(H3,11,12,13,14). The van der Waals surface area contributed by atoms with Gasteiger partial charge in [-0.3, -0.25) is 10.1 Å². The second-order valence-electron chi connectivity index (χ2n) is 2.42. The van der Waals surface area contributed by atoms with Crippen molar-refractivity contribution in [3.63, 3.8) is 0 Å². The lowest BCUT2D eigenvalue weighted by atomic mass is 10.2. The Morgan fingerprint density at radius 1 is 1.29 bits per heavy atom. The number of carbonyl (C=O) groups excluding carboxylic acids is 2. The number of nitrogens with two attached hydrogens (primary N) is 1. The topological polar surface area (TPSA) is 72.2 Å². The van der Waals surface area contributed by atoms with Crippen LogP contribution in [-0.2, 0) is 0 Å². The van der Waals surface area contributed by atoms with Gasteiger partial charge in [-0.05, 0) is 12.1 Å². The molecule has 4 nitrogen and oxygen atoms in total. The Morgan fingerprint density at radius 3 is 2.50 bits per heavy atom. The van der Waals surface area contributed by atoms with Gasteiger partial charge in [-0.25, -0.2) is 13.6 Å². The summed E-state index contributed by atoms with van der Waals surface area (Å²) in [4.78, 5) is 21.3. The van der Waals surface area contributed by atoms with Crippen molar-refractivity contribution in [2.24, 2.45) is 5.73 Å². The van der Waals surface area contributed by atoms with Crippen molar-refractivity contribution in [2.45, 2.75) is 0 Å². The molecule has 0 radical (unpaired) electrons. The fraction of sp³-hybridized carbons (Fsp3) is 0. The highest BCUT2D eigenvalue weighted by Gasteiger charge is 2.15. The minimum atomic E-state index is -1.31. The fourth-order valence-corrected chi connectivity index (χ4v) is 0.858. The molecule has 3 amide bonds. The van der Waals surface area contributed by atoms with E-state index in [0.29, 0.717) is 0 Å². The molecule has 1 aromatic rings. The number of hydrogen-bond acceptors (Lipinski definition) is 2. The summed E-state index contributed by atoms with van der Waals surface area (Å²) in [6.07, 6.45) is 0. The van der Waals surface area contributed by atoms with E-state index in [2.05, 4.69) is 5.73 Å². The molecule has 0 aliphatic carbocycles. The molecule has 3 N–H and O–H groups in total. The van der Waals surface area contributed by atoms with Gasteiger partial charge in [0.05, 0.1) is 5.56 Å². The molecule has 6 heteroatoms. The van der Waals surface area contributed by atoms with Crippen molar-refractivity contribution in [2.75, 3.05) is 0 Å². The molecule has 0 saturated carbocycles. The molecule has 0 spiro atoms. The molecule has 0 aromatic heterocycles. The first-order valence-electron chi connectivity index (χ1n) is 3.57. The smallest absolute Gasteiger partial charge is 0.319 e. The van der Waals surface area contributed by atoms with E-state index >= 15 is 0 Å². The lowest BCUT2D eigenvalue weighted by molar-refractivity contribution is 0.0961. The van der Waals surface area contributed by atoms with Crippen LogP contribution >= 0.6 is 0 Å². The molecular weight excluding hydrogens is 194 g/mol. The second-order valence-corrected chi connectivity index (χ2v) is 2.42. The monoisotopic (exact) mass is 200 g/mol. The van der Waals surface area contributed by atoms with Gasteiger partial charge in [0.1, 0.15) is 0 Å². The van der Waals surface area contributed by atoms with Gasteiger partial charge < -0.3 is 5.73 Å². The first-order valence-corrected chi connectivity index (χ1v) is 3.57. The van der Waals surface area contributed by atoms with Gasteiger partial charge in [0.2, 0.25) is 0 Å². The van der Waals surface area contributed by atoms with Gasteiger partial charge in [-0.15, -0.1) is 0 Å². The maximum Gasteiger partial charge on any atom is 0.319 e. The van der Waals surface area contributed by atoms with Crippen LogP contribution in [0.25, 0.3) is 0 Å². The number of halogens is 2. The number of rotatable bonds is 1. The van der Waals surface area contributed by atoms with Crippen LogP contribution in [0.5, 0.6) is 0 Å². The van der Waals surface area contributed by atoms with Gasteiger partial charge >= 0.3 is 6.03 Å². The molecule has 0 aliphatic heterocycles. The van der Waals surface area contributed by atoms with E-state index in [-0.39, 0.29) is 0 Å². The lowest BCUT2D eigenvalue weighted by Crippen LogP contribution is -2.35. The zero-order valence-electron chi connectivity index (χ0n) is 6.88. The first kappa shape index (κ1) is 10.1. The Bertz CT molecular complexity index is 393. The Kier molecular flexibility index (Phi) is 2.76. The molecule has 0 saturated heterocycles. The predicted molar refractivity (Wildman–Crippen MR) is 43.4 cm³/mol. The largest absolute Gasteiger partial charge is 0.351 e. The van der Waals surface area contributed by atoms with Crippen molar-refractivity contribution < 1.29 is 18.4 Å². The van der Waals surface area contributed by atoms with Crippen LogP contribution in [0.1, 0.15) is 10.4 Å². The summed E-state index contributed by atoms with van der Waals surface area (Å²) in [5.41, 5.74) is 4.07. The summed E-state index contributed by atoms with van der Waals surface area (Å²) < 4.78 is 25.5. The molecule has 0 fully saturated rings. The number of amides is 3. The van der Waals surface area contributed by atoms with Crippen LogP contribution in [0, 0.1) is 11.6 Å². The van der Waals surface area contributed by atoms with Gasteiger partial charge in [-0.2, -0.15) is 0 Å². The first-order chi connectivity index (χ1) is 6.52. The van der Waals surface area contributed by atoms with E-state index in [4.69, 9.17) is 0 Å². The maximum absolute atomic E-state index is 12.9. The van der Waals surface area contributed by atoms with Crippen LogP contribution in [0.3, 0.4) is 0 Å². The van der Waals surface area contributed by atoms with Crippen molar-refractivity contribution in [1.82, 2.24) is 5.32 Å². The average Bonchev–Trinajstić information content (AvgIpc) is 2.08. The SMILES string of the molecule is NC(=O)NC(=O)c1cccc(F)c1F. The number of hydrogen-bond donors (Lipinski definition) is 2. The Morgan fingerprint density at radius 2 is 1.93 bits per heavy atom. The number of imide groups is 1. The van der Waals surface area contributed by atoms with Crippen LogP contribution in [0.2, 0.25) is 0 Å². The molecule has 0 atom stereocenters. The molecular formula is C8H6F2N2O2. The molecule has 1 rings (SSSR count). The van der Waals surface area contributed by atoms with E-state index in [1.54, 1.807) is 5.32 Å². The van der Waals surface area contributed by atoms with Crippen molar-refractivity contribution in [3.05, 3.63) is 35.4 Å². The minimum absolute atomic E-state index is 0.566. The van der Waals surface area contributed by atoms with Gasteiger partial charge in [-0.1, -0.05) is 6.07 Å². The van der Waals surface area contributed by atoms with E-state index in [0.717, 1.165) is 18.2 Å². The average molecular weight is 200 g/mol. The highest BCUT2D eigenvalue weighted by atomic mass is 19.2. The lowest BCUT2D eigenvalue weighted by Gasteiger charge is -2.02. The number of primary amides is 1. The highest BCUT2D eigenvalue weighted by Crippen LogP contribution is 2.10. The molecule has 1 aromatic carbocycles. The van der Waals surface area contributed by atoms with E-state index in [1.807, 2.05) is 0 Å². The third-order valence-electron chi connectivity index (χ3n) is 1.43. The van der Waals surface area contributed by atoms with Crippen LogP contribution in [0.15, 0.2) is 18.2 Å². The van der Waals surface area contributed by atoms with Gasteiger partial charge in [0.15, 0.2) is 11.6 Å². The summed E-state index contributed by atoms with van der Waals surface area (Å²) in [5, 5.41) is 1.62. The fourth-order valence-electron chi connectivity index (χ4n) is 0.858. The molecule has 0 bridgehead atoms. The van der Waals surface area contributed by atoms with Gasteiger partial charge in [0, 0.05) is 0 Å². The zero-order chi connectivity index (χ0) is 10.7. The Balaban J connectivity index is 3.01. The molecule has 74 valence electrons. The quantitative estimate of drug-likeness (QED) is 0.702. The third-order valence-corrected chi connectivity index (χ3v) is 1.43. The van der Waals surface area contributed by atoms with Gasteiger partial charge in [0.25, 0.3) is 5.91 Å². The molecule has 0 heterocycles. The number of carbonyl (C=O) groups is 2. The summed E-state index contributed by atoms with van der Waals surface area (Å²) in [5.74, 6) is -3.55. The minimum Gasteiger partial charge on any atom is -0.351 e.